The molecule has 8 nitrogen and oxygen atoms in total. The van der Waals surface area contributed by atoms with Gasteiger partial charge in [0.25, 0.3) is 0 Å². The predicted molar refractivity (Wildman–Crippen MR) is 163 cm³/mol. The number of halogens is 1. The number of ether oxygens (including phenoxy) is 1. The summed E-state index contributed by atoms with van der Waals surface area (Å²) in [6, 6.07) is -0.920. The number of hydrogen-bond donors (Lipinski definition) is 3. The Bertz CT molecular complexity index is 1220. The molecule has 0 heterocycles. The van der Waals surface area contributed by atoms with Gasteiger partial charge in [0.05, 0.1) is 12.1 Å². The first-order valence-corrected chi connectivity index (χ1v) is 14.6. The number of carboxylic acids is 1. The number of carboxylic acid groups (broad SMARTS) is 1. The molecule has 2 rings (SSSR count). The number of carbonyl (C=O) groups is 3. The zero-order valence-corrected chi connectivity index (χ0v) is 26.1. The number of Topliss-reactive ketones (excluding diaryl/α,β-unsaturated/α-hetero) is 1. The normalized spacial score (nSPS) is 22.3. The van der Waals surface area contributed by atoms with Crippen LogP contribution in [0.1, 0.15) is 83.4 Å². The zero-order chi connectivity index (χ0) is 30.9. The molecule has 1 aromatic carbocycles. The van der Waals surface area contributed by atoms with Crippen LogP contribution in [0.25, 0.3) is 0 Å². The van der Waals surface area contributed by atoms with Crippen LogP contribution in [0.3, 0.4) is 0 Å². The van der Waals surface area contributed by atoms with Gasteiger partial charge in [-0.05, 0) is 62.8 Å². The van der Waals surface area contributed by atoms with Crippen molar-refractivity contribution in [2.75, 3.05) is 13.7 Å². The molecule has 1 saturated carbocycles. The van der Waals surface area contributed by atoms with Crippen molar-refractivity contribution in [1.82, 2.24) is 5.32 Å². The van der Waals surface area contributed by atoms with E-state index in [1.54, 1.807) is 13.1 Å². The van der Waals surface area contributed by atoms with Crippen LogP contribution in [0.4, 0.5) is 0 Å². The lowest BCUT2D eigenvalue weighted by Crippen LogP contribution is -2.40. The molecule has 3 N–H and O–H groups in total. The van der Waals surface area contributed by atoms with Crippen molar-refractivity contribution in [3.8, 4) is 11.5 Å². The molecule has 0 spiro atoms. The number of aliphatic imine (C=N–C) groups is 1. The second kappa shape index (κ2) is 15.2. The number of methoxy groups -OCH3 is 1. The zero-order valence-electron chi connectivity index (χ0n) is 25.3. The molecular weight excluding hydrogens is 544 g/mol. The van der Waals surface area contributed by atoms with Gasteiger partial charge in [-0.2, -0.15) is 0 Å². The van der Waals surface area contributed by atoms with Gasteiger partial charge in [-0.1, -0.05) is 56.2 Å². The maximum atomic E-state index is 12.4. The first-order chi connectivity index (χ1) is 19.2. The summed E-state index contributed by atoms with van der Waals surface area (Å²) >= 11 is 6.63. The first-order valence-electron chi connectivity index (χ1n) is 14.2. The highest BCUT2D eigenvalue weighted by molar-refractivity contribution is 6.33. The van der Waals surface area contributed by atoms with Crippen molar-refractivity contribution >= 4 is 35.5 Å². The van der Waals surface area contributed by atoms with Gasteiger partial charge in [0.2, 0.25) is 5.91 Å². The number of phenolic OH excluding ortho intramolecular Hbond substituents is 1. The van der Waals surface area contributed by atoms with Gasteiger partial charge in [-0.3, -0.25) is 14.6 Å². The van der Waals surface area contributed by atoms with Crippen LogP contribution in [-0.4, -0.2) is 53.8 Å². The smallest absolute Gasteiger partial charge is 0.326 e. The molecule has 1 aliphatic carbocycles. The van der Waals surface area contributed by atoms with Crippen LogP contribution < -0.4 is 10.1 Å². The van der Waals surface area contributed by atoms with Gasteiger partial charge in [0.15, 0.2) is 0 Å². The minimum Gasteiger partial charge on any atom is -0.507 e. The molecule has 0 bridgehead atoms. The maximum absolute atomic E-state index is 12.4. The van der Waals surface area contributed by atoms with E-state index >= 15 is 0 Å². The molecule has 0 saturated heterocycles. The van der Waals surface area contributed by atoms with Gasteiger partial charge in [0, 0.05) is 43.1 Å². The summed E-state index contributed by atoms with van der Waals surface area (Å²) < 4.78 is 5.56. The van der Waals surface area contributed by atoms with Gasteiger partial charge < -0.3 is 20.3 Å². The Kier molecular flexibility index (Phi) is 12.6. The van der Waals surface area contributed by atoms with Crippen molar-refractivity contribution in [3.05, 3.63) is 45.5 Å². The average Bonchev–Trinajstić information content (AvgIpc) is 2.92. The quantitative estimate of drug-likeness (QED) is 0.142. The number of aromatic hydroxyl groups is 1. The Morgan fingerprint density at radius 3 is 2.56 bits per heavy atom. The summed E-state index contributed by atoms with van der Waals surface area (Å²) in [5.74, 6) is -0.309. The molecule has 4 atom stereocenters. The SMILES string of the molecule is COc1c(Cl)c(C)c(/C=N\CCCC[C@H](NC(C)=O)C(=O)O)c(O)c1C/C=C(C)/C=C/[C@@]1(C)[C@H](C)CCC(=O)[C@@H]1C. The fraction of sp³-hybridized carbons (Fsp3) is 0.562. The standard InChI is InChI=1S/C32H45ClN2O6/c1-19(15-16-32(6)20(2)12-14-27(37)22(32)4)11-13-24-29(38)25(21(3)28(33)30(24)41-7)18-34-17-9-8-10-26(31(39)40)35-23(5)36/h11,15-16,18,20,22,26,38H,8-10,12-14,17H2,1-7H3,(H,35,36)(H,39,40)/b16-15+,19-11+,34-18-/t20-,22+,26+,32+/m1/s1. The topological polar surface area (TPSA) is 125 Å². The predicted octanol–water partition coefficient (Wildman–Crippen LogP) is 6.23. The van der Waals surface area contributed by atoms with E-state index < -0.39 is 12.0 Å². The number of nitrogens with one attached hydrogen (secondary N) is 1. The van der Waals surface area contributed by atoms with Crippen LogP contribution in [-0.2, 0) is 20.8 Å². The van der Waals surface area contributed by atoms with E-state index in [1.807, 2.05) is 26.0 Å². The first kappa shape index (κ1) is 34.1. The minimum absolute atomic E-state index is 0.0343. The van der Waals surface area contributed by atoms with E-state index in [4.69, 9.17) is 16.3 Å². The van der Waals surface area contributed by atoms with E-state index in [-0.39, 0.29) is 23.0 Å². The van der Waals surface area contributed by atoms with E-state index in [2.05, 4.69) is 30.2 Å². The third-order valence-corrected chi connectivity index (χ3v) is 8.97. The summed E-state index contributed by atoms with van der Waals surface area (Å²) in [6.45, 7) is 11.9. The Hall–Kier alpha value is -3.13. The number of hydrogen-bond acceptors (Lipinski definition) is 6. The maximum Gasteiger partial charge on any atom is 0.326 e. The molecule has 1 aliphatic rings. The average molecular weight is 589 g/mol. The van der Waals surface area contributed by atoms with Crippen LogP contribution in [0.15, 0.2) is 28.8 Å². The fourth-order valence-electron chi connectivity index (χ4n) is 5.25. The number of nitrogens with zero attached hydrogens (tertiary/aromatic N) is 1. The van der Waals surface area contributed by atoms with Gasteiger partial charge in [-0.25, -0.2) is 4.79 Å². The Morgan fingerprint density at radius 1 is 1.27 bits per heavy atom. The molecular formula is C32H45ClN2O6. The van der Waals surface area contributed by atoms with Crippen molar-refractivity contribution in [1.29, 1.82) is 0 Å². The van der Waals surface area contributed by atoms with Gasteiger partial charge in [0.1, 0.15) is 23.3 Å². The number of carbonyl (C=O) groups excluding carboxylic acids is 2. The highest BCUT2D eigenvalue weighted by atomic mass is 35.5. The van der Waals surface area contributed by atoms with Gasteiger partial charge >= 0.3 is 5.97 Å². The molecule has 1 aromatic rings. The number of unbranched alkanes of at least 4 members (excludes halogenated alkanes) is 1. The number of ketones is 1. The number of phenols is 1. The minimum atomic E-state index is -1.06. The summed E-state index contributed by atoms with van der Waals surface area (Å²) in [4.78, 5) is 39.3. The molecule has 0 aliphatic heterocycles. The van der Waals surface area contributed by atoms with E-state index in [0.29, 0.717) is 77.8 Å². The van der Waals surface area contributed by atoms with Gasteiger partial charge in [-0.15, -0.1) is 0 Å². The highest BCUT2D eigenvalue weighted by Gasteiger charge is 2.41. The Morgan fingerprint density at radius 2 is 1.95 bits per heavy atom. The third kappa shape index (κ3) is 8.68. The number of rotatable bonds is 13. The van der Waals surface area contributed by atoms with Crippen LogP contribution >= 0.6 is 11.6 Å². The fourth-order valence-corrected chi connectivity index (χ4v) is 5.54. The lowest BCUT2D eigenvalue weighted by atomic mass is 9.61. The van der Waals surface area contributed by atoms with Crippen LogP contribution in [0.2, 0.25) is 5.02 Å². The van der Waals surface area contributed by atoms with E-state index in [0.717, 1.165) is 12.0 Å². The van der Waals surface area contributed by atoms with Crippen LogP contribution in [0.5, 0.6) is 11.5 Å². The molecule has 0 radical (unpaired) electrons. The number of allylic oxidation sites excluding steroid dienone is 4. The van der Waals surface area contributed by atoms with Crippen molar-refractivity contribution in [2.24, 2.45) is 22.2 Å². The van der Waals surface area contributed by atoms with Crippen molar-refractivity contribution in [2.45, 2.75) is 86.1 Å². The summed E-state index contributed by atoms with van der Waals surface area (Å²) in [7, 11) is 1.52. The highest BCUT2D eigenvalue weighted by Crippen LogP contribution is 2.45. The van der Waals surface area contributed by atoms with Crippen molar-refractivity contribution < 1.29 is 29.3 Å². The van der Waals surface area contributed by atoms with E-state index in [9.17, 15) is 24.6 Å². The summed E-state index contributed by atoms with van der Waals surface area (Å²) in [5, 5.41) is 23.2. The number of amides is 1. The largest absolute Gasteiger partial charge is 0.507 e. The molecule has 0 unspecified atom stereocenters. The Labute approximate surface area is 248 Å². The second-order valence-electron chi connectivity index (χ2n) is 11.3. The number of aliphatic carboxylic acids is 1. The molecule has 0 aromatic heterocycles. The molecule has 1 fully saturated rings. The number of benzene rings is 1. The lowest BCUT2D eigenvalue weighted by Gasteiger charge is -2.42. The monoisotopic (exact) mass is 588 g/mol. The van der Waals surface area contributed by atoms with Crippen molar-refractivity contribution in [3.63, 3.8) is 0 Å². The molecule has 41 heavy (non-hydrogen) atoms. The van der Waals surface area contributed by atoms with E-state index in [1.165, 1.54) is 14.0 Å². The molecule has 1 amide bonds. The summed E-state index contributed by atoms with van der Waals surface area (Å²) in [5.41, 5.74) is 2.49. The van der Waals surface area contributed by atoms with Crippen LogP contribution in [0, 0.1) is 24.2 Å². The molecule has 226 valence electrons. The lowest BCUT2D eigenvalue weighted by molar-refractivity contribution is -0.141. The summed E-state index contributed by atoms with van der Waals surface area (Å²) in [6.07, 6.45) is 11.2. The third-order valence-electron chi connectivity index (χ3n) is 8.51. The Balaban J connectivity index is 2.18. The second-order valence-corrected chi connectivity index (χ2v) is 11.7. The molecule has 9 heteroatoms.